The van der Waals surface area contributed by atoms with Gasteiger partial charge in [-0.1, -0.05) is 0 Å². The number of carbonyl (C=O) groups excluding carboxylic acids is 1. The summed E-state index contributed by atoms with van der Waals surface area (Å²) in [6.45, 7) is 4.07. The highest BCUT2D eigenvalue weighted by atomic mass is 16.7. The van der Waals surface area contributed by atoms with E-state index in [0.717, 1.165) is 0 Å². The van der Waals surface area contributed by atoms with Crippen LogP contribution >= 0.6 is 0 Å². The van der Waals surface area contributed by atoms with Crippen molar-refractivity contribution in [1.29, 1.82) is 0 Å². The first-order valence-corrected chi connectivity index (χ1v) is 3.61. The first-order valence-electron chi connectivity index (χ1n) is 3.61. The van der Waals surface area contributed by atoms with Gasteiger partial charge in [-0.3, -0.25) is 9.63 Å². The lowest BCUT2D eigenvalue weighted by molar-refractivity contribution is -0.137. The molecular weight excluding hydrogens is 144 g/mol. The molecule has 0 aromatic rings. The largest absolute Gasteiger partial charge is 0.301 e. The third kappa shape index (κ3) is 7.29. The first kappa shape index (κ1) is 10.4. The highest BCUT2D eigenvalue weighted by molar-refractivity contribution is 5.76. The van der Waals surface area contributed by atoms with Crippen molar-refractivity contribution < 1.29 is 9.63 Å². The summed E-state index contributed by atoms with van der Waals surface area (Å²) in [4.78, 5) is 17.5. The van der Waals surface area contributed by atoms with Gasteiger partial charge in [-0.05, 0) is 27.9 Å². The maximum Gasteiger partial charge on any atom is 0.257 e. The molecule has 0 heterocycles. The summed E-state index contributed by atoms with van der Waals surface area (Å²) in [6, 6.07) is 0. The summed E-state index contributed by atoms with van der Waals surface area (Å²) < 4.78 is 0. The second-order valence-electron chi connectivity index (χ2n) is 2.93. The molecule has 11 heavy (non-hydrogen) atoms. The quantitative estimate of drug-likeness (QED) is 0.589. The standard InChI is InChI=1S/C7H16N2O2/c1-6(2)11-8-7(10)5-9(3)4/h6H,5H2,1-4H3,(H,8,10). The molecule has 0 aliphatic heterocycles. The van der Waals surface area contributed by atoms with Gasteiger partial charge in [0.2, 0.25) is 0 Å². The van der Waals surface area contributed by atoms with Crippen LogP contribution in [-0.2, 0) is 9.63 Å². The van der Waals surface area contributed by atoms with Gasteiger partial charge in [0, 0.05) is 0 Å². The van der Waals surface area contributed by atoms with Crippen LogP contribution < -0.4 is 5.48 Å². The molecule has 0 spiro atoms. The Bertz CT molecular complexity index is 124. The van der Waals surface area contributed by atoms with Gasteiger partial charge in [0.1, 0.15) is 0 Å². The van der Waals surface area contributed by atoms with E-state index < -0.39 is 0 Å². The number of carbonyl (C=O) groups is 1. The van der Waals surface area contributed by atoms with Crippen LogP contribution in [0.4, 0.5) is 0 Å². The van der Waals surface area contributed by atoms with E-state index in [2.05, 4.69) is 5.48 Å². The number of hydrogen-bond donors (Lipinski definition) is 1. The Balaban J connectivity index is 3.38. The van der Waals surface area contributed by atoms with E-state index >= 15 is 0 Å². The van der Waals surface area contributed by atoms with Gasteiger partial charge in [-0.15, -0.1) is 0 Å². The third-order valence-corrected chi connectivity index (χ3v) is 0.868. The minimum atomic E-state index is -0.122. The van der Waals surface area contributed by atoms with Gasteiger partial charge in [0.25, 0.3) is 5.91 Å². The monoisotopic (exact) mass is 160 g/mol. The number of nitrogens with zero attached hydrogens (tertiary/aromatic N) is 1. The van der Waals surface area contributed by atoms with Crippen LogP contribution in [0.2, 0.25) is 0 Å². The van der Waals surface area contributed by atoms with Gasteiger partial charge < -0.3 is 4.90 Å². The van der Waals surface area contributed by atoms with Crippen molar-refractivity contribution in [3.8, 4) is 0 Å². The average Bonchev–Trinajstić information content (AvgIpc) is 1.82. The van der Waals surface area contributed by atoms with E-state index in [0.29, 0.717) is 6.54 Å². The Hall–Kier alpha value is -0.610. The molecule has 4 heteroatoms. The number of likely N-dealkylation sites (N-methyl/N-ethyl adjacent to an activating group) is 1. The van der Waals surface area contributed by atoms with Crippen LogP contribution in [0.15, 0.2) is 0 Å². The van der Waals surface area contributed by atoms with E-state index in [-0.39, 0.29) is 12.0 Å². The number of hydroxylamine groups is 1. The summed E-state index contributed by atoms with van der Waals surface area (Å²) in [5.74, 6) is -0.122. The van der Waals surface area contributed by atoms with Crippen molar-refractivity contribution in [1.82, 2.24) is 10.4 Å². The second-order valence-corrected chi connectivity index (χ2v) is 2.93. The fourth-order valence-electron chi connectivity index (χ4n) is 0.503. The Labute approximate surface area is 67.5 Å². The predicted octanol–water partition coefficient (Wildman–Crippen LogP) is 0.00420. The lowest BCUT2D eigenvalue weighted by Gasteiger charge is -2.11. The van der Waals surface area contributed by atoms with Crippen LogP contribution in [0.1, 0.15) is 13.8 Å². The predicted molar refractivity (Wildman–Crippen MR) is 42.9 cm³/mol. The molecule has 0 fully saturated rings. The molecular formula is C7H16N2O2. The molecule has 0 aliphatic carbocycles. The van der Waals surface area contributed by atoms with Crippen molar-refractivity contribution >= 4 is 5.91 Å². The minimum Gasteiger partial charge on any atom is -0.301 e. The fraction of sp³-hybridized carbons (Fsp3) is 0.857. The molecule has 0 radical (unpaired) electrons. The SMILES string of the molecule is CC(C)ONC(=O)CN(C)C. The smallest absolute Gasteiger partial charge is 0.257 e. The van der Waals surface area contributed by atoms with Gasteiger partial charge in [0.15, 0.2) is 0 Å². The fourth-order valence-corrected chi connectivity index (χ4v) is 0.503. The van der Waals surface area contributed by atoms with Crippen molar-refractivity contribution in [2.24, 2.45) is 0 Å². The van der Waals surface area contributed by atoms with Crippen LogP contribution in [0.3, 0.4) is 0 Å². The van der Waals surface area contributed by atoms with E-state index in [1.54, 1.807) is 4.90 Å². The minimum absolute atomic E-state index is 0.0288. The molecule has 0 aromatic heterocycles. The molecule has 0 aliphatic rings. The number of hydrogen-bond acceptors (Lipinski definition) is 3. The molecule has 0 saturated carbocycles. The Morgan fingerprint density at radius 3 is 2.45 bits per heavy atom. The summed E-state index contributed by atoms with van der Waals surface area (Å²) in [5, 5.41) is 0. The molecule has 1 N–H and O–H groups in total. The summed E-state index contributed by atoms with van der Waals surface area (Å²) >= 11 is 0. The van der Waals surface area contributed by atoms with Crippen molar-refractivity contribution in [3.05, 3.63) is 0 Å². The van der Waals surface area contributed by atoms with Crippen molar-refractivity contribution in [3.63, 3.8) is 0 Å². The van der Waals surface area contributed by atoms with Gasteiger partial charge in [-0.25, -0.2) is 5.48 Å². The maximum absolute atomic E-state index is 10.9. The topological polar surface area (TPSA) is 41.6 Å². The van der Waals surface area contributed by atoms with Crippen LogP contribution in [0.25, 0.3) is 0 Å². The highest BCUT2D eigenvalue weighted by Crippen LogP contribution is 1.82. The van der Waals surface area contributed by atoms with Crippen LogP contribution in [0.5, 0.6) is 0 Å². The summed E-state index contributed by atoms with van der Waals surface area (Å²) in [5.41, 5.74) is 2.33. The molecule has 0 atom stereocenters. The van der Waals surface area contributed by atoms with Gasteiger partial charge in [-0.2, -0.15) is 0 Å². The van der Waals surface area contributed by atoms with E-state index in [9.17, 15) is 4.79 Å². The number of nitrogens with one attached hydrogen (secondary N) is 1. The zero-order chi connectivity index (χ0) is 8.85. The summed E-state index contributed by atoms with van der Waals surface area (Å²) in [6.07, 6.45) is 0.0288. The Morgan fingerprint density at radius 1 is 1.55 bits per heavy atom. The molecule has 1 amide bonds. The van der Waals surface area contributed by atoms with E-state index in [1.807, 2.05) is 27.9 Å². The lowest BCUT2D eigenvalue weighted by Crippen LogP contribution is -2.34. The van der Waals surface area contributed by atoms with Gasteiger partial charge >= 0.3 is 0 Å². The zero-order valence-electron chi connectivity index (χ0n) is 7.55. The zero-order valence-corrected chi connectivity index (χ0v) is 7.55. The van der Waals surface area contributed by atoms with Crippen molar-refractivity contribution in [2.45, 2.75) is 20.0 Å². The van der Waals surface area contributed by atoms with Crippen molar-refractivity contribution in [2.75, 3.05) is 20.6 Å². The molecule has 0 bridgehead atoms. The molecule has 0 unspecified atom stereocenters. The average molecular weight is 160 g/mol. The molecule has 0 saturated heterocycles. The highest BCUT2D eigenvalue weighted by Gasteiger charge is 2.02. The molecule has 0 rings (SSSR count). The molecule has 66 valence electrons. The van der Waals surface area contributed by atoms with Crippen LogP contribution in [0, 0.1) is 0 Å². The first-order chi connectivity index (χ1) is 5.02. The third-order valence-electron chi connectivity index (χ3n) is 0.868. The Kier molecular flexibility index (Phi) is 4.81. The van der Waals surface area contributed by atoms with Gasteiger partial charge in [0.05, 0.1) is 12.6 Å². The summed E-state index contributed by atoms with van der Waals surface area (Å²) in [7, 11) is 3.66. The maximum atomic E-state index is 10.9. The second kappa shape index (κ2) is 5.09. The van der Waals surface area contributed by atoms with E-state index in [1.165, 1.54) is 0 Å². The van der Waals surface area contributed by atoms with E-state index in [4.69, 9.17) is 4.84 Å². The number of amides is 1. The van der Waals surface area contributed by atoms with Crippen LogP contribution in [-0.4, -0.2) is 37.6 Å². The molecule has 4 nitrogen and oxygen atoms in total. The Morgan fingerprint density at radius 2 is 2.09 bits per heavy atom. The lowest BCUT2D eigenvalue weighted by atomic mass is 10.5. The molecule has 0 aromatic carbocycles. The number of rotatable bonds is 4. The normalized spacial score (nSPS) is 10.7.